The van der Waals surface area contributed by atoms with Crippen molar-refractivity contribution < 1.29 is 21.6 Å². The van der Waals surface area contributed by atoms with Crippen molar-refractivity contribution in [2.75, 3.05) is 30.0 Å². The molecule has 2 N–H and O–H groups in total. The van der Waals surface area contributed by atoms with Crippen molar-refractivity contribution >= 4 is 32.2 Å². The van der Waals surface area contributed by atoms with E-state index >= 15 is 0 Å². The highest BCUT2D eigenvalue weighted by atomic mass is 32.2. The van der Waals surface area contributed by atoms with Gasteiger partial charge in [-0.25, -0.2) is 8.42 Å². The van der Waals surface area contributed by atoms with E-state index in [0.717, 1.165) is 11.9 Å². The van der Waals surface area contributed by atoms with E-state index in [9.17, 15) is 21.6 Å². The number of halogens is 3. The third kappa shape index (κ3) is 3.96. The summed E-state index contributed by atoms with van der Waals surface area (Å²) in [6.07, 6.45) is -4.08. The van der Waals surface area contributed by atoms with Crippen molar-refractivity contribution in [1.29, 1.82) is 0 Å². The summed E-state index contributed by atoms with van der Waals surface area (Å²) in [6.45, 7) is 0.399. The van der Waals surface area contributed by atoms with Gasteiger partial charge in [-0.1, -0.05) is 6.92 Å². The molecule has 1 rings (SSSR count). The Labute approximate surface area is 113 Å². The molecular weight excluding hydrogens is 303 g/mol. The summed E-state index contributed by atoms with van der Waals surface area (Å²) < 4.78 is 64.6. The largest absolute Gasteiger partial charge is 0.405 e. The Morgan fingerprint density at radius 3 is 2.47 bits per heavy atom. The highest BCUT2D eigenvalue weighted by molar-refractivity contribution is 7.91. The first-order valence-corrected chi connectivity index (χ1v) is 7.77. The number of anilines is 2. The van der Waals surface area contributed by atoms with Gasteiger partial charge in [-0.2, -0.15) is 17.5 Å². The van der Waals surface area contributed by atoms with Crippen molar-refractivity contribution in [2.45, 2.75) is 24.4 Å². The molecule has 5 nitrogen and oxygen atoms in total. The molecule has 19 heavy (non-hydrogen) atoms. The maximum Gasteiger partial charge on any atom is 0.405 e. The first kappa shape index (κ1) is 16.0. The summed E-state index contributed by atoms with van der Waals surface area (Å²) >= 11 is 0.649. The maximum absolute atomic E-state index is 12.3. The normalized spacial score (nSPS) is 12.7. The topological polar surface area (TPSA) is 76.3 Å². The maximum atomic E-state index is 12.3. The molecule has 0 aliphatic rings. The van der Waals surface area contributed by atoms with Crippen molar-refractivity contribution in [1.82, 2.24) is 4.37 Å². The fraction of sp³-hybridized carbons (Fsp3) is 0.667. The van der Waals surface area contributed by atoms with Crippen molar-refractivity contribution in [3.05, 3.63) is 0 Å². The van der Waals surface area contributed by atoms with Crippen LogP contribution in [0.3, 0.4) is 0 Å². The minimum Gasteiger partial charge on any atom is -0.382 e. The Balaban J connectivity index is 3.18. The van der Waals surface area contributed by atoms with E-state index in [4.69, 9.17) is 5.73 Å². The van der Waals surface area contributed by atoms with Crippen molar-refractivity contribution in [2.24, 2.45) is 0 Å². The fourth-order valence-electron chi connectivity index (χ4n) is 1.53. The minimum atomic E-state index is -4.43. The summed E-state index contributed by atoms with van der Waals surface area (Å²) in [6, 6.07) is 0. The molecule has 0 saturated heterocycles. The molecule has 0 atom stereocenters. The average molecular weight is 317 g/mol. The van der Waals surface area contributed by atoms with Crippen LogP contribution in [0.5, 0.6) is 0 Å². The predicted octanol–water partition coefficient (Wildman–Crippen LogP) is 1.91. The molecule has 0 fully saturated rings. The van der Waals surface area contributed by atoms with Gasteiger partial charge in [-0.15, -0.1) is 0 Å². The molecule has 0 bridgehead atoms. The van der Waals surface area contributed by atoms with Crippen molar-refractivity contribution in [3.8, 4) is 0 Å². The molecule has 0 saturated carbocycles. The van der Waals surface area contributed by atoms with Gasteiger partial charge in [-0.05, 0) is 18.0 Å². The number of nitrogens with zero attached hydrogens (tertiary/aromatic N) is 2. The molecule has 0 spiro atoms. The summed E-state index contributed by atoms with van der Waals surface area (Å²) in [4.78, 5) is 0.502. The Kier molecular flexibility index (Phi) is 4.67. The van der Waals surface area contributed by atoms with Crippen molar-refractivity contribution in [3.63, 3.8) is 0 Å². The monoisotopic (exact) mass is 317 g/mol. The summed E-state index contributed by atoms with van der Waals surface area (Å²) in [7, 11) is -2.56. The summed E-state index contributed by atoms with van der Waals surface area (Å²) in [5, 5.41) is -0.0803. The van der Waals surface area contributed by atoms with E-state index in [-0.39, 0.29) is 21.5 Å². The number of aromatic nitrogens is 1. The van der Waals surface area contributed by atoms with Crippen LogP contribution in [0.2, 0.25) is 0 Å². The predicted molar refractivity (Wildman–Crippen MR) is 68.2 cm³/mol. The second-order valence-electron chi connectivity index (χ2n) is 3.99. The molecule has 10 heteroatoms. The highest BCUT2D eigenvalue weighted by Gasteiger charge is 2.33. The number of nitrogen functional groups attached to an aromatic ring is 1. The van der Waals surface area contributed by atoms with Gasteiger partial charge in [0.1, 0.15) is 16.4 Å². The molecule has 1 aromatic heterocycles. The number of hydrogen-bond donors (Lipinski definition) is 1. The Bertz CT molecular complexity index is 539. The van der Waals surface area contributed by atoms with Crippen LogP contribution in [-0.4, -0.2) is 38.3 Å². The lowest BCUT2D eigenvalue weighted by Gasteiger charge is -2.20. The zero-order chi connectivity index (χ0) is 14.8. The lowest BCUT2D eigenvalue weighted by atomic mass is 10.5. The quantitative estimate of drug-likeness (QED) is 0.897. The molecule has 0 aromatic carbocycles. The standard InChI is InChI=1S/C9H14F3N3O2S2/c1-3-4-19(16,17)6-7(13)14-18-8(6)15(2)5-9(10,11)12/h3-5H2,1-2H3,(H2,13,14). The zero-order valence-electron chi connectivity index (χ0n) is 10.4. The van der Waals surface area contributed by atoms with Crippen LogP contribution in [0.1, 0.15) is 13.3 Å². The van der Waals surface area contributed by atoms with Crippen LogP contribution in [0.4, 0.5) is 24.0 Å². The van der Waals surface area contributed by atoms with Crippen LogP contribution in [0, 0.1) is 0 Å². The van der Waals surface area contributed by atoms with Crippen LogP contribution >= 0.6 is 11.5 Å². The van der Waals surface area contributed by atoms with E-state index < -0.39 is 22.6 Å². The molecule has 0 radical (unpaired) electrons. The SMILES string of the molecule is CCCS(=O)(=O)c1c(N)nsc1N(C)CC(F)(F)F. The Morgan fingerprint density at radius 2 is 2.00 bits per heavy atom. The Morgan fingerprint density at radius 1 is 1.42 bits per heavy atom. The molecule has 0 aliphatic heterocycles. The Hall–Kier alpha value is -1.03. The van der Waals surface area contributed by atoms with Gasteiger partial charge < -0.3 is 10.6 Å². The molecular formula is C9H14F3N3O2S2. The first-order chi connectivity index (χ1) is 8.58. The second kappa shape index (κ2) is 5.53. The van der Waals surface area contributed by atoms with E-state index in [0.29, 0.717) is 18.0 Å². The van der Waals surface area contributed by atoms with Crippen LogP contribution in [0.15, 0.2) is 4.90 Å². The summed E-state index contributed by atoms with van der Waals surface area (Å²) in [5.74, 6) is -0.426. The number of rotatable bonds is 5. The van der Waals surface area contributed by atoms with Crippen LogP contribution in [0.25, 0.3) is 0 Å². The first-order valence-electron chi connectivity index (χ1n) is 5.34. The lowest BCUT2D eigenvalue weighted by Crippen LogP contribution is -2.31. The van der Waals surface area contributed by atoms with E-state index in [1.54, 1.807) is 6.92 Å². The lowest BCUT2D eigenvalue weighted by molar-refractivity contribution is -0.119. The third-order valence-corrected chi connectivity index (χ3v) is 5.28. The van der Waals surface area contributed by atoms with Gasteiger partial charge in [0.2, 0.25) is 0 Å². The molecule has 1 aromatic rings. The number of hydrogen-bond acceptors (Lipinski definition) is 6. The van der Waals surface area contributed by atoms with Crippen LogP contribution in [-0.2, 0) is 9.84 Å². The molecule has 0 amide bonds. The number of nitrogens with two attached hydrogens (primary N) is 1. The number of sulfone groups is 1. The smallest absolute Gasteiger partial charge is 0.382 e. The van der Waals surface area contributed by atoms with Gasteiger partial charge >= 0.3 is 6.18 Å². The van der Waals surface area contributed by atoms with Gasteiger partial charge in [0, 0.05) is 7.05 Å². The van der Waals surface area contributed by atoms with Gasteiger partial charge in [-0.3, -0.25) is 0 Å². The van der Waals surface area contributed by atoms with Gasteiger partial charge in [0.15, 0.2) is 15.7 Å². The minimum absolute atomic E-state index is 0.0803. The zero-order valence-corrected chi connectivity index (χ0v) is 12.0. The highest BCUT2D eigenvalue weighted by Crippen LogP contribution is 2.36. The molecule has 1 heterocycles. The second-order valence-corrected chi connectivity index (χ2v) is 6.79. The van der Waals surface area contributed by atoms with E-state index in [1.165, 1.54) is 0 Å². The molecule has 0 unspecified atom stereocenters. The third-order valence-electron chi connectivity index (χ3n) is 2.20. The molecule has 110 valence electrons. The van der Waals surface area contributed by atoms with Crippen LogP contribution < -0.4 is 10.6 Å². The summed E-state index contributed by atoms with van der Waals surface area (Å²) in [5.41, 5.74) is 5.47. The molecule has 0 aliphatic carbocycles. The van der Waals surface area contributed by atoms with E-state index in [1.807, 2.05) is 0 Å². The van der Waals surface area contributed by atoms with Gasteiger partial charge in [0.25, 0.3) is 0 Å². The van der Waals surface area contributed by atoms with Gasteiger partial charge in [0.05, 0.1) is 5.75 Å². The fourth-order valence-corrected chi connectivity index (χ4v) is 4.28. The van der Waals surface area contributed by atoms with E-state index in [2.05, 4.69) is 4.37 Å². The number of alkyl halides is 3. The average Bonchev–Trinajstić information content (AvgIpc) is 2.58.